The Hall–Kier alpha value is -7.40. The fraction of sp³-hybridized carbons (Fsp3) is 0.341. The van der Waals surface area contributed by atoms with Crippen molar-refractivity contribution < 1.29 is 13.7 Å². The fourth-order valence-corrected chi connectivity index (χ4v) is 10.8. The molecule has 0 aliphatic carbocycles. The van der Waals surface area contributed by atoms with Crippen LogP contribution in [0.25, 0.3) is 0 Å². The Morgan fingerprint density at radius 2 is 0.676 bits per heavy atom. The lowest BCUT2D eigenvalue weighted by atomic mass is 10.0. The molecule has 0 saturated heterocycles. The Labute approximate surface area is 660 Å². The topological polar surface area (TPSA) is 107 Å². The zero-order valence-corrected chi connectivity index (χ0v) is 70.2. The summed E-state index contributed by atoms with van der Waals surface area (Å²) in [5.74, 6) is 4.75. The van der Waals surface area contributed by atoms with E-state index in [9.17, 15) is 18.9 Å². The van der Waals surface area contributed by atoms with Gasteiger partial charge in [0.1, 0.15) is 11.6 Å². The predicted octanol–water partition coefficient (Wildman–Crippen LogP) is 31.4. The summed E-state index contributed by atoms with van der Waals surface area (Å²) < 4.78 is 24.9. The van der Waals surface area contributed by atoms with Crippen molar-refractivity contribution in [2.24, 2.45) is 0 Å². The lowest BCUT2D eigenvalue weighted by molar-refractivity contribution is -0.384. The molecule has 0 aliphatic rings. The number of nitrogens with one attached hydrogen (secondary N) is 1. The number of hydrogen-bond donors (Lipinski definition) is 3. The smallest absolute Gasteiger partial charge is 0.269 e. The second-order valence-electron chi connectivity index (χ2n) is 28.1. The van der Waals surface area contributed by atoms with Crippen molar-refractivity contribution in [1.29, 1.82) is 0 Å². The van der Waals surface area contributed by atoms with E-state index in [4.69, 9.17) is 81.1 Å². The number of rotatable bonds is 12. The molecule has 0 radical (unpaired) electrons. The van der Waals surface area contributed by atoms with Gasteiger partial charge in [-0.15, -0.1) is 0 Å². The molecule has 0 heterocycles. The van der Waals surface area contributed by atoms with E-state index in [1.165, 1.54) is 68.9 Å². The number of nitro benzene ring substituents is 1. The number of non-ortho nitro benzene ring substituents is 1. The minimum atomic E-state index is -0.369. The van der Waals surface area contributed by atoms with Gasteiger partial charge in [0.15, 0.2) is 0 Å². The van der Waals surface area contributed by atoms with Crippen LogP contribution in [0.3, 0.4) is 0 Å². The summed E-state index contributed by atoms with van der Waals surface area (Å²) in [5.41, 5.74) is 26.3. The molecule has 6 nitrogen and oxygen atoms in total. The van der Waals surface area contributed by atoms with Crippen molar-refractivity contribution >= 4 is 92.4 Å². The van der Waals surface area contributed by atoms with Crippen LogP contribution in [0.5, 0.6) is 0 Å². The number of nitrogen functional groups attached to an aromatic ring is 2. The van der Waals surface area contributed by atoms with E-state index < -0.39 is 0 Å². The number of anilines is 3. The summed E-state index contributed by atoms with van der Waals surface area (Å²) in [7, 11) is 1.93. The SMILES string of the molecule is CC(C)c1cc(Cl)cc(Cl)c1.CC(C)c1ccc(Cl)cc1.CC(C)c1ccc(F)cc1.CC(C)c1ccc(N)cc1.CC(C)c1cccc(Cl)c1Cl.CC(C)c1cccc(F)c1.CC(C)c1cccc(N)c1.CC(C)c1cccc([N+](=O)[O-])c1.CC(C)c1ccccc1Cl.CNc1ccc(C(C)C)cc1. The number of nitrogens with two attached hydrogens (primary N) is 2. The lowest BCUT2D eigenvalue weighted by Gasteiger charge is -2.07. The van der Waals surface area contributed by atoms with Crippen molar-refractivity contribution in [1.82, 2.24) is 0 Å². The summed E-state index contributed by atoms with van der Waals surface area (Å²) in [4.78, 5) is 10.0. The van der Waals surface area contributed by atoms with Crippen LogP contribution in [-0.4, -0.2) is 12.0 Å². The first-order chi connectivity index (χ1) is 49.3. The van der Waals surface area contributed by atoms with Gasteiger partial charge in [-0.3, -0.25) is 10.1 Å². The highest BCUT2D eigenvalue weighted by Crippen LogP contribution is 2.31. The van der Waals surface area contributed by atoms with Gasteiger partial charge < -0.3 is 16.8 Å². The lowest BCUT2D eigenvalue weighted by Crippen LogP contribution is -1.91. The van der Waals surface area contributed by atoms with Crippen molar-refractivity contribution in [2.75, 3.05) is 23.8 Å². The highest BCUT2D eigenvalue weighted by Gasteiger charge is 2.10. The third-order valence-corrected chi connectivity index (χ3v) is 17.9. The average molecular weight is 1550 g/mol. The largest absolute Gasteiger partial charge is 0.399 e. The highest BCUT2D eigenvalue weighted by molar-refractivity contribution is 6.42. The van der Waals surface area contributed by atoms with Gasteiger partial charge in [-0.25, -0.2) is 8.78 Å². The molecular weight excluding hydrogens is 1430 g/mol. The Bertz CT molecular complexity index is 3820. The van der Waals surface area contributed by atoms with E-state index >= 15 is 0 Å². The number of nitro groups is 1. The van der Waals surface area contributed by atoms with Crippen molar-refractivity contribution in [3.8, 4) is 0 Å². The molecule has 10 rings (SSSR count). The molecular formula is C91H116Cl6F2N4O2. The molecule has 0 fully saturated rings. The van der Waals surface area contributed by atoms with Gasteiger partial charge in [-0.05, 0) is 218 Å². The van der Waals surface area contributed by atoms with Crippen LogP contribution in [-0.2, 0) is 0 Å². The monoisotopic (exact) mass is 1540 g/mol. The maximum absolute atomic E-state index is 12.5. The molecule has 0 saturated carbocycles. The summed E-state index contributed by atoms with van der Waals surface area (Å²) in [6.45, 7) is 42.4. The molecule has 0 bridgehead atoms. The van der Waals surface area contributed by atoms with Crippen LogP contribution < -0.4 is 16.8 Å². The van der Waals surface area contributed by atoms with Gasteiger partial charge in [0, 0.05) is 56.3 Å². The van der Waals surface area contributed by atoms with Gasteiger partial charge in [0.05, 0.1) is 15.0 Å². The summed E-state index contributed by atoms with van der Waals surface area (Å²) in [6, 6.07) is 71.9. The number of nitrogens with zero attached hydrogens (tertiary/aromatic N) is 1. The molecule has 10 aromatic carbocycles. The summed E-state index contributed by atoms with van der Waals surface area (Å²) in [6.07, 6.45) is 0. The zero-order chi connectivity index (χ0) is 79.6. The molecule has 0 aromatic heterocycles. The van der Waals surface area contributed by atoms with E-state index in [0.29, 0.717) is 79.3 Å². The predicted molar refractivity (Wildman–Crippen MR) is 460 cm³/mol. The first-order valence-corrected chi connectivity index (χ1v) is 38.2. The van der Waals surface area contributed by atoms with Gasteiger partial charge >= 0.3 is 0 Å². The Balaban J connectivity index is 0.000000584. The van der Waals surface area contributed by atoms with Crippen molar-refractivity contribution in [2.45, 2.75) is 198 Å². The highest BCUT2D eigenvalue weighted by atomic mass is 35.5. The van der Waals surface area contributed by atoms with Crippen molar-refractivity contribution in [3.05, 3.63) is 338 Å². The van der Waals surface area contributed by atoms with Gasteiger partial charge in [0.2, 0.25) is 0 Å². The summed E-state index contributed by atoms with van der Waals surface area (Å²) in [5, 5.41) is 17.9. The zero-order valence-electron chi connectivity index (χ0n) is 65.7. The van der Waals surface area contributed by atoms with Crippen LogP contribution in [0, 0.1) is 21.7 Å². The molecule has 105 heavy (non-hydrogen) atoms. The molecule has 5 N–H and O–H groups in total. The van der Waals surface area contributed by atoms with Crippen LogP contribution >= 0.6 is 69.6 Å². The van der Waals surface area contributed by atoms with E-state index in [1.807, 2.05) is 130 Å². The minimum Gasteiger partial charge on any atom is -0.399 e. The molecule has 14 heteroatoms. The van der Waals surface area contributed by atoms with Crippen LogP contribution in [0.15, 0.2) is 231 Å². The van der Waals surface area contributed by atoms with E-state index in [2.05, 4.69) is 191 Å². The summed E-state index contributed by atoms with van der Waals surface area (Å²) >= 11 is 35.0. The maximum Gasteiger partial charge on any atom is 0.269 e. The Morgan fingerprint density at radius 3 is 1.04 bits per heavy atom. The molecule has 0 amide bonds. The van der Waals surface area contributed by atoms with Crippen molar-refractivity contribution in [3.63, 3.8) is 0 Å². The normalized spacial score (nSPS) is 10.4. The molecule has 568 valence electrons. The van der Waals surface area contributed by atoms with Crippen LogP contribution in [0.1, 0.15) is 253 Å². The Morgan fingerprint density at radius 1 is 0.314 bits per heavy atom. The molecule has 0 spiro atoms. The standard InChI is InChI=1S/C10H15N.2C9H10Cl2.2C9H11Cl.2C9H11F.C9H11NO2.2C9H13N/c1-8(2)9-4-6-10(11-3)7-5-9;1-6(2)7-3-8(10)5-9(11)4-7;1-6(2)7-4-3-5-8(10)9(7)11;1-7(2)8-3-5-9(10)6-4-8;1-7(2)8-5-3-4-6-9(8)10;1-7(2)8-3-5-9(10)6-4-8;1-7(2)8-4-3-5-9(10)6-8;1-7(2)8-4-3-5-9(6-8)10(11)12;1-7(2)8-3-5-9(10)6-4-8;1-7(2)8-4-3-5-9(10)6-8/h4-8,11H,1-3H3;2*3-6H,1-2H3;4*3-7H,1-2H3;3-7H,1-2H3;2*3-7H,10H2,1-2H3. The van der Waals surface area contributed by atoms with Gasteiger partial charge in [-0.1, -0.05) is 323 Å². The average Bonchev–Trinajstić information content (AvgIpc) is 0.870. The maximum atomic E-state index is 12.5. The first kappa shape index (κ1) is 95.6. The second-order valence-corrected chi connectivity index (χ2v) is 30.6. The quantitative estimate of drug-likeness (QED) is 0.0642. The number of halogens is 8. The molecule has 0 unspecified atom stereocenters. The van der Waals surface area contributed by atoms with E-state index in [1.54, 1.807) is 36.4 Å². The van der Waals surface area contributed by atoms with Gasteiger partial charge in [-0.2, -0.15) is 0 Å². The molecule has 0 aliphatic heterocycles. The van der Waals surface area contributed by atoms with E-state index in [-0.39, 0.29) is 22.2 Å². The fourth-order valence-electron chi connectivity index (χ4n) is 9.21. The number of hydrogen-bond acceptors (Lipinski definition) is 5. The molecule has 10 aromatic rings. The van der Waals surface area contributed by atoms with Gasteiger partial charge in [0.25, 0.3) is 5.69 Å². The third-order valence-electron chi connectivity index (χ3n) is 16.1. The van der Waals surface area contributed by atoms with Crippen LogP contribution in [0.2, 0.25) is 30.1 Å². The minimum absolute atomic E-state index is 0.147. The molecule has 0 atom stereocenters. The first-order valence-electron chi connectivity index (χ1n) is 35.9. The third kappa shape index (κ3) is 40.8. The number of benzene rings is 10. The van der Waals surface area contributed by atoms with E-state index in [0.717, 1.165) is 38.1 Å². The van der Waals surface area contributed by atoms with Crippen LogP contribution in [0.4, 0.5) is 31.5 Å². The Kier molecular flexibility index (Phi) is 47.1. The second kappa shape index (κ2) is 51.8.